The monoisotopic (exact) mass is 246 g/mol. The zero-order valence-corrected chi connectivity index (χ0v) is 10.5. The lowest BCUT2D eigenvalue weighted by Gasteiger charge is -2.11. The molecule has 1 heterocycles. The van der Waals surface area contributed by atoms with Crippen LogP contribution in [0.3, 0.4) is 0 Å². The third kappa shape index (κ3) is 1.95. The van der Waals surface area contributed by atoms with Gasteiger partial charge in [0.25, 0.3) is 0 Å². The third-order valence-electron chi connectivity index (χ3n) is 2.74. The second-order valence-electron chi connectivity index (χ2n) is 3.77. The fourth-order valence-corrected chi connectivity index (χ4v) is 1.86. The van der Waals surface area contributed by atoms with Crippen molar-refractivity contribution in [2.24, 2.45) is 7.05 Å². The normalized spacial score (nSPS) is 10.2. The van der Waals surface area contributed by atoms with Crippen LogP contribution in [0.1, 0.15) is 10.5 Å². The van der Waals surface area contributed by atoms with Crippen molar-refractivity contribution < 1.29 is 14.3 Å². The number of rotatable bonds is 4. The Hall–Kier alpha value is -2.30. The van der Waals surface area contributed by atoms with Crippen molar-refractivity contribution >= 4 is 6.29 Å². The molecule has 0 saturated heterocycles. The van der Waals surface area contributed by atoms with Crippen molar-refractivity contribution in [3.63, 3.8) is 0 Å². The molecule has 1 aromatic carbocycles. The van der Waals surface area contributed by atoms with E-state index in [1.54, 1.807) is 31.2 Å². The zero-order valence-electron chi connectivity index (χ0n) is 10.5. The highest BCUT2D eigenvalue weighted by atomic mass is 16.5. The second kappa shape index (κ2) is 4.91. The molecule has 0 radical (unpaired) electrons. The van der Waals surface area contributed by atoms with Gasteiger partial charge in [-0.25, -0.2) is 4.98 Å². The van der Waals surface area contributed by atoms with E-state index in [1.807, 2.05) is 19.2 Å². The van der Waals surface area contributed by atoms with Crippen LogP contribution in [0.5, 0.6) is 11.5 Å². The summed E-state index contributed by atoms with van der Waals surface area (Å²) >= 11 is 0. The zero-order chi connectivity index (χ0) is 13.1. The van der Waals surface area contributed by atoms with Gasteiger partial charge in [-0.3, -0.25) is 4.79 Å². The molecule has 2 aromatic rings. The van der Waals surface area contributed by atoms with Gasteiger partial charge < -0.3 is 14.0 Å². The van der Waals surface area contributed by atoms with Gasteiger partial charge in [0.05, 0.1) is 26.2 Å². The molecule has 0 bridgehead atoms. The van der Waals surface area contributed by atoms with Gasteiger partial charge in [-0.15, -0.1) is 0 Å². The van der Waals surface area contributed by atoms with Crippen LogP contribution in [0.15, 0.2) is 24.5 Å². The minimum absolute atomic E-state index is 0.390. The van der Waals surface area contributed by atoms with Crippen LogP contribution in [0.2, 0.25) is 0 Å². The van der Waals surface area contributed by atoms with Crippen molar-refractivity contribution in [2.45, 2.75) is 0 Å². The number of methoxy groups -OCH3 is 2. The number of benzene rings is 1. The van der Waals surface area contributed by atoms with Crippen LogP contribution in [0.4, 0.5) is 0 Å². The Morgan fingerprint density at radius 3 is 2.67 bits per heavy atom. The molecule has 94 valence electrons. The predicted octanol–water partition coefficient (Wildman–Crippen LogP) is 1.92. The van der Waals surface area contributed by atoms with Gasteiger partial charge >= 0.3 is 0 Å². The largest absolute Gasteiger partial charge is 0.497 e. The summed E-state index contributed by atoms with van der Waals surface area (Å²) in [7, 11) is 5.00. The predicted molar refractivity (Wildman–Crippen MR) is 67.1 cm³/mol. The molecule has 1 aromatic heterocycles. The van der Waals surface area contributed by atoms with Gasteiger partial charge in [0.2, 0.25) is 0 Å². The summed E-state index contributed by atoms with van der Waals surface area (Å²) in [5.41, 5.74) is 1.92. The molecule has 0 unspecified atom stereocenters. The van der Waals surface area contributed by atoms with E-state index in [-0.39, 0.29) is 0 Å². The quantitative estimate of drug-likeness (QED) is 0.773. The van der Waals surface area contributed by atoms with Crippen molar-refractivity contribution in [2.75, 3.05) is 14.2 Å². The Kier molecular flexibility index (Phi) is 3.32. The lowest BCUT2D eigenvalue weighted by Crippen LogP contribution is -1.97. The molecule has 0 spiro atoms. The van der Waals surface area contributed by atoms with Crippen molar-refractivity contribution in [3.8, 4) is 22.8 Å². The van der Waals surface area contributed by atoms with Crippen molar-refractivity contribution in [3.05, 3.63) is 30.2 Å². The Balaban J connectivity index is 2.62. The first-order valence-corrected chi connectivity index (χ1v) is 5.40. The molecular weight excluding hydrogens is 232 g/mol. The average molecular weight is 246 g/mol. The number of hydrogen-bond acceptors (Lipinski definition) is 4. The SMILES string of the molecule is COc1ccc(-c2c(C=O)ncn2C)c(OC)c1. The summed E-state index contributed by atoms with van der Waals surface area (Å²) < 4.78 is 12.3. The summed E-state index contributed by atoms with van der Waals surface area (Å²) in [4.78, 5) is 15.0. The highest BCUT2D eigenvalue weighted by Crippen LogP contribution is 2.34. The summed E-state index contributed by atoms with van der Waals surface area (Å²) in [6, 6.07) is 5.44. The van der Waals surface area contributed by atoms with E-state index >= 15 is 0 Å². The number of hydrogen-bond donors (Lipinski definition) is 0. The molecule has 2 rings (SSSR count). The minimum Gasteiger partial charge on any atom is -0.497 e. The van der Waals surface area contributed by atoms with Crippen LogP contribution < -0.4 is 9.47 Å². The maximum absolute atomic E-state index is 11.0. The van der Waals surface area contributed by atoms with Gasteiger partial charge in [0.1, 0.15) is 17.2 Å². The van der Waals surface area contributed by atoms with Gasteiger partial charge in [-0.2, -0.15) is 0 Å². The Morgan fingerprint density at radius 1 is 1.28 bits per heavy atom. The van der Waals surface area contributed by atoms with E-state index in [2.05, 4.69) is 4.98 Å². The summed E-state index contributed by atoms with van der Waals surface area (Å²) in [6.07, 6.45) is 2.34. The van der Waals surface area contributed by atoms with Crippen molar-refractivity contribution in [1.82, 2.24) is 9.55 Å². The van der Waals surface area contributed by atoms with E-state index in [9.17, 15) is 4.79 Å². The first kappa shape index (κ1) is 12.2. The number of aromatic nitrogens is 2. The van der Waals surface area contributed by atoms with E-state index in [0.29, 0.717) is 17.2 Å². The molecule has 0 atom stereocenters. The van der Waals surface area contributed by atoms with E-state index in [0.717, 1.165) is 17.5 Å². The molecule has 5 heteroatoms. The highest BCUT2D eigenvalue weighted by Gasteiger charge is 2.15. The Morgan fingerprint density at radius 2 is 2.06 bits per heavy atom. The maximum atomic E-state index is 11.0. The van der Waals surface area contributed by atoms with E-state index in [1.165, 1.54) is 0 Å². The Bertz CT molecular complexity index is 576. The number of nitrogens with zero attached hydrogens (tertiary/aromatic N) is 2. The number of carbonyl (C=O) groups excluding carboxylic acids is 1. The average Bonchev–Trinajstić information content (AvgIpc) is 2.78. The van der Waals surface area contributed by atoms with Crippen LogP contribution in [-0.2, 0) is 7.05 Å². The van der Waals surface area contributed by atoms with Gasteiger partial charge in [-0.05, 0) is 12.1 Å². The van der Waals surface area contributed by atoms with Gasteiger partial charge in [0.15, 0.2) is 6.29 Å². The molecule has 0 amide bonds. The molecule has 0 aliphatic heterocycles. The molecule has 18 heavy (non-hydrogen) atoms. The third-order valence-corrected chi connectivity index (χ3v) is 2.74. The first-order valence-electron chi connectivity index (χ1n) is 5.40. The molecule has 0 aliphatic rings. The molecule has 0 saturated carbocycles. The Labute approximate surface area is 105 Å². The van der Waals surface area contributed by atoms with Gasteiger partial charge in [-0.1, -0.05) is 0 Å². The number of imidazole rings is 1. The summed E-state index contributed by atoms with van der Waals surface area (Å²) in [6.45, 7) is 0. The van der Waals surface area contributed by atoms with Crippen LogP contribution in [0.25, 0.3) is 11.3 Å². The highest BCUT2D eigenvalue weighted by molar-refractivity contribution is 5.85. The lowest BCUT2D eigenvalue weighted by atomic mass is 10.1. The van der Waals surface area contributed by atoms with Crippen molar-refractivity contribution in [1.29, 1.82) is 0 Å². The first-order chi connectivity index (χ1) is 8.71. The fraction of sp³-hybridized carbons (Fsp3) is 0.231. The number of ether oxygens (including phenoxy) is 2. The number of carbonyl (C=O) groups is 1. The summed E-state index contributed by atoms with van der Waals surface area (Å²) in [5, 5.41) is 0. The van der Waals surface area contributed by atoms with Crippen LogP contribution >= 0.6 is 0 Å². The lowest BCUT2D eigenvalue weighted by molar-refractivity contribution is 0.112. The minimum atomic E-state index is 0.390. The second-order valence-corrected chi connectivity index (χ2v) is 3.77. The molecular formula is C13H14N2O3. The number of aryl methyl sites for hydroxylation is 1. The van der Waals surface area contributed by atoms with Gasteiger partial charge in [0, 0.05) is 18.7 Å². The maximum Gasteiger partial charge on any atom is 0.170 e. The standard InChI is InChI=1S/C13H14N2O3/c1-15-8-14-11(7-16)13(15)10-5-4-9(17-2)6-12(10)18-3/h4-8H,1-3H3. The molecule has 5 nitrogen and oxygen atoms in total. The fourth-order valence-electron chi connectivity index (χ4n) is 1.86. The smallest absolute Gasteiger partial charge is 0.170 e. The van der Waals surface area contributed by atoms with Crippen LogP contribution in [-0.4, -0.2) is 30.1 Å². The van der Waals surface area contributed by atoms with E-state index in [4.69, 9.17) is 9.47 Å². The summed E-state index contributed by atoms with van der Waals surface area (Å²) in [5.74, 6) is 1.34. The van der Waals surface area contributed by atoms with E-state index < -0.39 is 0 Å². The molecule has 0 aliphatic carbocycles. The molecule has 0 fully saturated rings. The molecule has 0 N–H and O–H groups in total. The number of aldehydes is 1. The van der Waals surface area contributed by atoms with Crippen LogP contribution in [0, 0.1) is 0 Å². The topological polar surface area (TPSA) is 53.3 Å².